The Bertz CT molecular complexity index is 688. The summed E-state index contributed by atoms with van der Waals surface area (Å²) in [5, 5.41) is 13.4. The topological polar surface area (TPSA) is 58.6 Å². The molecule has 2 N–H and O–H groups in total. The van der Waals surface area contributed by atoms with Crippen LogP contribution in [0.1, 0.15) is 22.8 Å². The molecule has 0 aromatic heterocycles. The van der Waals surface area contributed by atoms with E-state index in [0.717, 1.165) is 16.9 Å². The number of aliphatic hydroxyl groups is 1. The minimum absolute atomic E-state index is 0.141. The van der Waals surface area contributed by atoms with Gasteiger partial charge in [-0.25, -0.2) is 0 Å². The summed E-state index contributed by atoms with van der Waals surface area (Å²) in [7, 11) is 1.60. The second kappa shape index (κ2) is 7.99. The summed E-state index contributed by atoms with van der Waals surface area (Å²) in [6.07, 6.45) is -0.552. The summed E-state index contributed by atoms with van der Waals surface area (Å²) in [4.78, 5) is 12.0. The van der Waals surface area contributed by atoms with Gasteiger partial charge >= 0.3 is 0 Å². The first-order valence-electron chi connectivity index (χ1n) is 7.33. The zero-order chi connectivity index (χ0) is 16.8. The molecule has 1 amide bonds. The van der Waals surface area contributed by atoms with E-state index in [1.807, 2.05) is 25.1 Å². The Balaban J connectivity index is 1.90. The molecule has 2 aromatic carbocycles. The van der Waals surface area contributed by atoms with Gasteiger partial charge in [0.05, 0.1) is 19.6 Å². The van der Waals surface area contributed by atoms with Crippen LogP contribution in [-0.2, 0) is 11.2 Å². The fourth-order valence-corrected chi connectivity index (χ4v) is 2.46. The van der Waals surface area contributed by atoms with Crippen molar-refractivity contribution in [1.82, 2.24) is 5.32 Å². The average molecular weight is 334 g/mol. The highest BCUT2D eigenvalue weighted by atomic mass is 35.5. The van der Waals surface area contributed by atoms with Gasteiger partial charge in [-0.05, 0) is 41.8 Å². The second-order valence-electron chi connectivity index (χ2n) is 5.36. The van der Waals surface area contributed by atoms with Crippen LogP contribution < -0.4 is 10.1 Å². The van der Waals surface area contributed by atoms with Gasteiger partial charge in [0.15, 0.2) is 0 Å². The molecule has 1 unspecified atom stereocenters. The summed E-state index contributed by atoms with van der Waals surface area (Å²) < 4.78 is 5.25. The van der Waals surface area contributed by atoms with Crippen LogP contribution in [0.4, 0.5) is 0 Å². The predicted molar refractivity (Wildman–Crippen MR) is 90.9 cm³/mol. The zero-order valence-electron chi connectivity index (χ0n) is 13.2. The van der Waals surface area contributed by atoms with Crippen LogP contribution in [0.5, 0.6) is 5.75 Å². The number of amides is 1. The van der Waals surface area contributed by atoms with Gasteiger partial charge in [0.1, 0.15) is 5.75 Å². The quantitative estimate of drug-likeness (QED) is 0.854. The van der Waals surface area contributed by atoms with Crippen molar-refractivity contribution in [2.75, 3.05) is 13.7 Å². The maximum atomic E-state index is 12.0. The SMILES string of the molecule is COc1cc(CC(=O)NCC(O)c2cccc(Cl)c2)ccc1C. The molecule has 0 saturated carbocycles. The van der Waals surface area contributed by atoms with Crippen molar-refractivity contribution in [2.24, 2.45) is 0 Å². The number of hydrogen-bond donors (Lipinski definition) is 2. The molecule has 5 heteroatoms. The Hall–Kier alpha value is -2.04. The van der Waals surface area contributed by atoms with E-state index >= 15 is 0 Å². The van der Waals surface area contributed by atoms with E-state index in [1.54, 1.807) is 31.4 Å². The summed E-state index contributed by atoms with van der Waals surface area (Å²) in [6, 6.07) is 12.6. The maximum absolute atomic E-state index is 12.0. The average Bonchev–Trinajstić information content (AvgIpc) is 2.54. The van der Waals surface area contributed by atoms with E-state index in [1.165, 1.54) is 0 Å². The first-order valence-corrected chi connectivity index (χ1v) is 7.71. The normalized spacial score (nSPS) is 11.8. The molecule has 4 nitrogen and oxygen atoms in total. The number of aliphatic hydroxyl groups excluding tert-OH is 1. The molecule has 2 aromatic rings. The number of benzene rings is 2. The van der Waals surface area contributed by atoms with Crippen LogP contribution >= 0.6 is 11.6 Å². The maximum Gasteiger partial charge on any atom is 0.224 e. The molecule has 122 valence electrons. The minimum Gasteiger partial charge on any atom is -0.496 e. The molecular weight excluding hydrogens is 314 g/mol. The van der Waals surface area contributed by atoms with E-state index in [4.69, 9.17) is 16.3 Å². The molecule has 1 atom stereocenters. The third-order valence-electron chi connectivity index (χ3n) is 3.56. The Morgan fingerprint density at radius 2 is 2.09 bits per heavy atom. The van der Waals surface area contributed by atoms with Gasteiger partial charge in [0.25, 0.3) is 0 Å². The lowest BCUT2D eigenvalue weighted by atomic mass is 10.1. The molecule has 0 saturated heterocycles. The molecule has 0 spiro atoms. The molecule has 0 aliphatic rings. The van der Waals surface area contributed by atoms with Crippen LogP contribution in [0.25, 0.3) is 0 Å². The first-order chi connectivity index (χ1) is 11.0. The summed E-state index contributed by atoms with van der Waals surface area (Å²) in [5.41, 5.74) is 2.56. The summed E-state index contributed by atoms with van der Waals surface area (Å²) in [5.74, 6) is 0.603. The van der Waals surface area contributed by atoms with Crippen molar-refractivity contribution in [3.8, 4) is 5.75 Å². The molecule has 0 aliphatic carbocycles. The number of halogens is 1. The van der Waals surface area contributed by atoms with Gasteiger partial charge in [-0.2, -0.15) is 0 Å². The number of rotatable bonds is 6. The molecule has 2 rings (SSSR count). The van der Waals surface area contributed by atoms with E-state index in [-0.39, 0.29) is 18.9 Å². The number of nitrogens with one attached hydrogen (secondary N) is 1. The minimum atomic E-state index is -0.787. The molecule has 23 heavy (non-hydrogen) atoms. The van der Waals surface area contributed by atoms with Gasteiger partial charge in [-0.15, -0.1) is 0 Å². The number of carbonyl (C=O) groups is 1. The van der Waals surface area contributed by atoms with Crippen LogP contribution in [0.2, 0.25) is 5.02 Å². The predicted octanol–water partition coefficient (Wildman–Crippen LogP) is 3.05. The van der Waals surface area contributed by atoms with Crippen LogP contribution in [0.3, 0.4) is 0 Å². The largest absolute Gasteiger partial charge is 0.496 e. The fraction of sp³-hybridized carbons (Fsp3) is 0.278. The van der Waals surface area contributed by atoms with Crippen molar-refractivity contribution < 1.29 is 14.6 Å². The van der Waals surface area contributed by atoms with Gasteiger partial charge in [0.2, 0.25) is 5.91 Å². The van der Waals surface area contributed by atoms with Crippen LogP contribution in [-0.4, -0.2) is 24.7 Å². The molecule has 0 radical (unpaired) electrons. The lowest BCUT2D eigenvalue weighted by Crippen LogP contribution is -2.29. The van der Waals surface area contributed by atoms with E-state index in [0.29, 0.717) is 10.6 Å². The lowest BCUT2D eigenvalue weighted by molar-refractivity contribution is -0.120. The van der Waals surface area contributed by atoms with Gasteiger partial charge < -0.3 is 15.2 Å². The van der Waals surface area contributed by atoms with Crippen molar-refractivity contribution in [3.63, 3.8) is 0 Å². The van der Waals surface area contributed by atoms with E-state index in [2.05, 4.69) is 5.32 Å². The number of methoxy groups -OCH3 is 1. The Morgan fingerprint density at radius 3 is 2.78 bits per heavy atom. The molecular formula is C18H20ClNO3. The van der Waals surface area contributed by atoms with Crippen molar-refractivity contribution in [1.29, 1.82) is 0 Å². The lowest BCUT2D eigenvalue weighted by Gasteiger charge is -2.13. The number of carbonyl (C=O) groups excluding carboxylic acids is 1. The highest BCUT2D eigenvalue weighted by Gasteiger charge is 2.11. The number of aryl methyl sites for hydroxylation is 1. The van der Waals surface area contributed by atoms with Crippen molar-refractivity contribution in [2.45, 2.75) is 19.4 Å². The molecule has 0 fully saturated rings. The monoisotopic (exact) mass is 333 g/mol. The molecule has 0 heterocycles. The van der Waals surface area contributed by atoms with E-state index < -0.39 is 6.10 Å². The number of hydrogen-bond acceptors (Lipinski definition) is 3. The highest BCUT2D eigenvalue weighted by molar-refractivity contribution is 6.30. The Morgan fingerprint density at radius 1 is 1.30 bits per heavy atom. The van der Waals surface area contributed by atoms with Gasteiger partial charge in [-0.1, -0.05) is 35.9 Å². The van der Waals surface area contributed by atoms with Crippen molar-refractivity contribution in [3.05, 3.63) is 64.2 Å². The van der Waals surface area contributed by atoms with Crippen molar-refractivity contribution >= 4 is 17.5 Å². The van der Waals surface area contributed by atoms with Crippen LogP contribution in [0.15, 0.2) is 42.5 Å². The Kier molecular flexibility index (Phi) is 6.02. The van der Waals surface area contributed by atoms with E-state index in [9.17, 15) is 9.90 Å². The standard InChI is InChI=1S/C18H20ClNO3/c1-12-6-7-13(8-17(12)23-2)9-18(22)20-11-16(21)14-4-3-5-15(19)10-14/h3-8,10,16,21H,9,11H2,1-2H3,(H,20,22). The summed E-state index contributed by atoms with van der Waals surface area (Å²) >= 11 is 5.89. The third kappa shape index (κ3) is 4.98. The second-order valence-corrected chi connectivity index (χ2v) is 5.79. The van der Waals surface area contributed by atoms with Gasteiger partial charge in [0, 0.05) is 11.6 Å². The fourth-order valence-electron chi connectivity index (χ4n) is 2.26. The summed E-state index contributed by atoms with van der Waals surface area (Å²) in [6.45, 7) is 2.09. The third-order valence-corrected chi connectivity index (χ3v) is 3.80. The zero-order valence-corrected chi connectivity index (χ0v) is 13.9. The number of ether oxygens (including phenoxy) is 1. The Labute approximate surface area is 141 Å². The van der Waals surface area contributed by atoms with Crippen LogP contribution in [0, 0.1) is 6.92 Å². The highest BCUT2D eigenvalue weighted by Crippen LogP contribution is 2.19. The molecule has 0 aliphatic heterocycles. The smallest absolute Gasteiger partial charge is 0.224 e. The molecule has 0 bridgehead atoms. The van der Waals surface area contributed by atoms with Gasteiger partial charge in [-0.3, -0.25) is 4.79 Å². The first kappa shape index (κ1) is 17.3.